The topological polar surface area (TPSA) is 46.9 Å². The van der Waals surface area contributed by atoms with Crippen molar-refractivity contribution in [1.29, 1.82) is 0 Å². The number of nitrogens with one attached hydrogen (secondary N) is 1. The van der Waals surface area contributed by atoms with Gasteiger partial charge in [-0.25, -0.2) is 4.68 Å². The van der Waals surface area contributed by atoms with E-state index in [2.05, 4.69) is 10.4 Å². The highest BCUT2D eigenvalue weighted by Crippen LogP contribution is 2.34. The van der Waals surface area contributed by atoms with E-state index in [1.807, 2.05) is 6.26 Å². The van der Waals surface area contributed by atoms with E-state index in [4.69, 9.17) is 11.6 Å². The lowest BCUT2D eigenvalue weighted by Gasteiger charge is -2.13. The van der Waals surface area contributed by atoms with Crippen LogP contribution in [0.4, 0.5) is 18.9 Å². The van der Waals surface area contributed by atoms with Gasteiger partial charge in [-0.1, -0.05) is 11.6 Å². The van der Waals surface area contributed by atoms with Crippen LogP contribution in [-0.4, -0.2) is 21.9 Å². The summed E-state index contributed by atoms with van der Waals surface area (Å²) in [7, 11) is 0. The lowest BCUT2D eigenvalue weighted by molar-refractivity contribution is -0.143. The zero-order chi connectivity index (χ0) is 19.6. The number of carbonyl (C=O) groups excluding carboxylic acids is 1. The van der Waals surface area contributed by atoms with E-state index in [-0.39, 0.29) is 5.69 Å². The minimum absolute atomic E-state index is 0.148. The van der Waals surface area contributed by atoms with Gasteiger partial charge in [0.25, 0.3) is 5.91 Å². The Labute approximate surface area is 162 Å². The summed E-state index contributed by atoms with van der Waals surface area (Å²) in [5, 5.41) is 6.62. The average Bonchev–Trinajstić information content (AvgIpc) is 3.09. The van der Waals surface area contributed by atoms with Crippen LogP contribution in [-0.2, 0) is 6.18 Å². The number of aromatic nitrogens is 2. The number of hydrogen-bond donors (Lipinski definition) is 1. The van der Waals surface area contributed by atoms with Crippen molar-refractivity contribution in [2.45, 2.75) is 11.1 Å². The highest BCUT2D eigenvalue weighted by atomic mass is 35.5. The normalized spacial score (nSPS) is 11.4. The summed E-state index contributed by atoms with van der Waals surface area (Å²) in [4.78, 5) is 13.4. The fourth-order valence-corrected chi connectivity index (χ4v) is 2.97. The minimum Gasteiger partial charge on any atom is -0.322 e. The number of anilines is 1. The summed E-state index contributed by atoms with van der Waals surface area (Å²) in [6.07, 6.45) is -1.97. The maximum atomic E-state index is 13.6. The number of amides is 1. The van der Waals surface area contributed by atoms with Gasteiger partial charge in [-0.3, -0.25) is 4.79 Å². The average molecular weight is 412 g/mol. The number of rotatable bonds is 4. The second kappa shape index (κ2) is 7.66. The van der Waals surface area contributed by atoms with Gasteiger partial charge >= 0.3 is 6.18 Å². The van der Waals surface area contributed by atoms with Gasteiger partial charge in [0, 0.05) is 15.6 Å². The molecule has 1 amide bonds. The molecule has 0 radical (unpaired) electrons. The Hall–Kier alpha value is -2.45. The number of halogens is 4. The number of thioether (sulfide) groups is 1. The molecule has 0 spiro atoms. The van der Waals surface area contributed by atoms with Crippen LogP contribution in [0.3, 0.4) is 0 Å². The molecule has 2 aromatic carbocycles. The van der Waals surface area contributed by atoms with E-state index >= 15 is 0 Å². The van der Waals surface area contributed by atoms with Gasteiger partial charge in [-0.05, 0) is 54.8 Å². The van der Waals surface area contributed by atoms with Crippen LogP contribution >= 0.6 is 23.4 Å². The van der Waals surface area contributed by atoms with Crippen molar-refractivity contribution in [2.75, 3.05) is 11.6 Å². The zero-order valence-electron chi connectivity index (χ0n) is 13.9. The quantitative estimate of drug-likeness (QED) is 0.575. The van der Waals surface area contributed by atoms with Crippen molar-refractivity contribution in [3.63, 3.8) is 0 Å². The van der Waals surface area contributed by atoms with Crippen LogP contribution in [0.15, 0.2) is 59.6 Å². The molecule has 0 fully saturated rings. The Balaban J connectivity index is 1.97. The standard InChI is InChI=1S/C18H13ClF3N3OS/c1-27-14-8-4-12(5-9-14)24-17(26)15-10-23-25(16(15)18(20,21)22)13-6-2-11(19)3-7-13/h2-10H,1H3,(H,24,26). The van der Waals surface area contributed by atoms with Crippen LogP contribution in [0.5, 0.6) is 0 Å². The molecule has 0 aliphatic carbocycles. The molecule has 3 rings (SSSR count). The van der Waals surface area contributed by atoms with Gasteiger partial charge in [0.1, 0.15) is 0 Å². The summed E-state index contributed by atoms with van der Waals surface area (Å²) in [6, 6.07) is 12.5. The van der Waals surface area contributed by atoms with Crippen molar-refractivity contribution in [1.82, 2.24) is 9.78 Å². The Kier molecular flexibility index (Phi) is 5.48. The van der Waals surface area contributed by atoms with E-state index < -0.39 is 23.3 Å². The maximum Gasteiger partial charge on any atom is 0.434 e. The Morgan fingerprint density at radius 3 is 2.30 bits per heavy atom. The highest BCUT2D eigenvalue weighted by Gasteiger charge is 2.40. The second-order valence-corrected chi connectivity index (χ2v) is 6.79. The van der Waals surface area contributed by atoms with Crippen LogP contribution in [0, 0.1) is 0 Å². The monoisotopic (exact) mass is 411 g/mol. The first-order valence-corrected chi connectivity index (χ1v) is 9.26. The summed E-state index contributed by atoms with van der Waals surface area (Å²) >= 11 is 7.30. The van der Waals surface area contributed by atoms with Crippen molar-refractivity contribution >= 4 is 35.0 Å². The zero-order valence-corrected chi connectivity index (χ0v) is 15.5. The van der Waals surface area contributed by atoms with Crippen molar-refractivity contribution < 1.29 is 18.0 Å². The van der Waals surface area contributed by atoms with Gasteiger partial charge in [0.05, 0.1) is 17.4 Å². The molecule has 0 saturated carbocycles. The Bertz CT molecular complexity index is 953. The third-order valence-electron chi connectivity index (χ3n) is 3.70. The van der Waals surface area contributed by atoms with Crippen LogP contribution in [0.25, 0.3) is 5.69 Å². The highest BCUT2D eigenvalue weighted by molar-refractivity contribution is 7.98. The Morgan fingerprint density at radius 2 is 1.74 bits per heavy atom. The van der Waals surface area contributed by atoms with E-state index in [0.717, 1.165) is 11.1 Å². The van der Waals surface area contributed by atoms with E-state index in [0.29, 0.717) is 15.4 Å². The smallest absolute Gasteiger partial charge is 0.322 e. The molecule has 1 N–H and O–H groups in total. The van der Waals surface area contributed by atoms with Gasteiger partial charge in [-0.2, -0.15) is 18.3 Å². The maximum absolute atomic E-state index is 13.6. The number of carbonyl (C=O) groups is 1. The van der Waals surface area contributed by atoms with E-state index in [1.165, 1.54) is 36.0 Å². The molecule has 0 bridgehead atoms. The predicted octanol–water partition coefficient (Wildman–Crippen LogP) is 5.52. The fraction of sp³-hybridized carbons (Fsp3) is 0.111. The Morgan fingerprint density at radius 1 is 1.11 bits per heavy atom. The predicted molar refractivity (Wildman–Crippen MR) is 99.8 cm³/mol. The summed E-state index contributed by atoms with van der Waals surface area (Å²) in [6.45, 7) is 0. The first kappa shape index (κ1) is 19.3. The van der Waals surface area contributed by atoms with Gasteiger partial charge in [0.2, 0.25) is 0 Å². The van der Waals surface area contributed by atoms with Gasteiger partial charge in [0.15, 0.2) is 5.69 Å². The summed E-state index contributed by atoms with van der Waals surface area (Å²) in [5.74, 6) is -0.889. The molecular formula is C18H13ClF3N3OS. The largest absolute Gasteiger partial charge is 0.434 e. The lowest BCUT2D eigenvalue weighted by atomic mass is 10.2. The second-order valence-electron chi connectivity index (χ2n) is 5.48. The number of nitrogens with zero attached hydrogens (tertiary/aromatic N) is 2. The first-order valence-electron chi connectivity index (χ1n) is 7.66. The lowest BCUT2D eigenvalue weighted by Crippen LogP contribution is -2.20. The molecule has 0 unspecified atom stereocenters. The number of alkyl halides is 3. The molecule has 0 saturated heterocycles. The molecule has 4 nitrogen and oxygen atoms in total. The van der Waals surface area contributed by atoms with Crippen molar-refractivity contribution in [3.05, 3.63) is 71.0 Å². The third kappa shape index (κ3) is 4.28. The van der Waals surface area contributed by atoms with Crippen LogP contribution in [0.1, 0.15) is 16.1 Å². The van der Waals surface area contributed by atoms with Crippen molar-refractivity contribution in [2.24, 2.45) is 0 Å². The number of benzene rings is 2. The van der Waals surface area contributed by atoms with E-state index in [9.17, 15) is 18.0 Å². The third-order valence-corrected chi connectivity index (χ3v) is 4.70. The van der Waals surface area contributed by atoms with Crippen LogP contribution < -0.4 is 5.32 Å². The molecular weight excluding hydrogens is 399 g/mol. The molecule has 9 heteroatoms. The molecule has 27 heavy (non-hydrogen) atoms. The molecule has 3 aromatic rings. The molecule has 1 heterocycles. The molecule has 0 aliphatic rings. The molecule has 140 valence electrons. The first-order chi connectivity index (χ1) is 12.8. The molecule has 0 aliphatic heterocycles. The summed E-state index contributed by atoms with van der Waals surface area (Å²) in [5.41, 5.74) is -1.17. The summed E-state index contributed by atoms with van der Waals surface area (Å²) < 4.78 is 41.6. The molecule has 0 atom stereocenters. The van der Waals surface area contributed by atoms with E-state index in [1.54, 1.807) is 24.3 Å². The SMILES string of the molecule is CSc1ccc(NC(=O)c2cnn(-c3ccc(Cl)cc3)c2C(F)(F)F)cc1. The molecule has 1 aromatic heterocycles. The number of hydrogen-bond acceptors (Lipinski definition) is 3. The van der Waals surface area contributed by atoms with Crippen molar-refractivity contribution in [3.8, 4) is 5.69 Å². The van der Waals surface area contributed by atoms with Gasteiger partial charge < -0.3 is 5.32 Å². The minimum atomic E-state index is -4.77. The fourth-order valence-electron chi connectivity index (χ4n) is 2.44. The van der Waals surface area contributed by atoms with Crippen LogP contribution in [0.2, 0.25) is 5.02 Å². The van der Waals surface area contributed by atoms with Gasteiger partial charge in [-0.15, -0.1) is 11.8 Å².